The summed E-state index contributed by atoms with van der Waals surface area (Å²) in [5, 5.41) is 104. The second kappa shape index (κ2) is 10.4. The van der Waals surface area contributed by atoms with Gasteiger partial charge in [-0.25, -0.2) is 0 Å². The molecule has 0 saturated carbocycles. The van der Waals surface area contributed by atoms with Crippen LogP contribution < -0.4 is 0 Å². The maximum absolute atomic E-state index is 10.3. The molecule has 12 heteroatoms. The van der Waals surface area contributed by atoms with E-state index in [0.717, 1.165) is 6.92 Å². The minimum Gasteiger partial charge on any atom is -0.391 e. The molecule has 0 bridgehead atoms. The van der Waals surface area contributed by atoms with Crippen LogP contribution in [0.15, 0.2) is 0 Å². The van der Waals surface area contributed by atoms with Crippen LogP contribution in [-0.2, 0) is 4.79 Å². The number of carbonyl (C=O) groups excluding carboxylic acids is 1. The second-order valence-electron chi connectivity index (χ2n) is 5.78. The fraction of sp³-hybridized carbons (Fsp3) is 0.923. The molecule has 11 N–H and O–H groups in total. The highest BCUT2D eigenvalue weighted by atomic mass is 16.4. The van der Waals surface area contributed by atoms with Gasteiger partial charge < -0.3 is 61.0 Å². The fourth-order valence-corrected chi connectivity index (χ4v) is 1.98. The number of hydrogen-bond acceptors (Lipinski definition) is 12. The van der Waals surface area contributed by atoms with Crippen LogP contribution in [0.25, 0.3) is 0 Å². The molecule has 0 rings (SSSR count). The summed E-state index contributed by atoms with van der Waals surface area (Å²) in [6.45, 7) is 1.07. The third-order valence-corrected chi connectivity index (χ3v) is 3.78. The Morgan fingerprint density at radius 2 is 0.720 bits per heavy atom. The first kappa shape index (κ1) is 24.2. The van der Waals surface area contributed by atoms with Gasteiger partial charge in [-0.15, -0.1) is 0 Å². The molecule has 0 heterocycles. The lowest BCUT2D eigenvalue weighted by atomic mass is 9.90. The van der Waals surface area contributed by atoms with Crippen molar-refractivity contribution in [1.82, 2.24) is 0 Å². The first-order valence-corrected chi connectivity index (χ1v) is 7.32. The standard InChI is InChI=1S/C13H26O12/c1-3(15)5(17)7(19)9(21)11(23)13(25)12(24)10(22)8(20)6(18)4(16)2-14/h2-13,15-25H,1H3/t3-,4+,5+,6-,7+,8-,9+,10+,11-,12+,13-/m1/s1. The van der Waals surface area contributed by atoms with Crippen molar-refractivity contribution in [2.24, 2.45) is 0 Å². The molecule has 0 aliphatic carbocycles. The predicted molar refractivity (Wildman–Crippen MR) is 77.8 cm³/mol. The lowest BCUT2D eigenvalue weighted by Crippen LogP contribution is -2.58. The van der Waals surface area contributed by atoms with Crippen LogP contribution in [0.5, 0.6) is 0 Å². The van der Waals surface area contributed by atoms with Crippen molar-refractivity contribution in [2.45, 2.75) is 74.1 Å². The molecule has 25 heavy (non-hydrogen) atoms. The van der Waals surface area contributed by atoms with Crippen molar-refractivity contribution in [2.75, 3.05) is 0 Å². The molecule has 0 aromatic carbocycles. The molecule has 0 unspecified atom stereocenters. The molecule has 0 fully saturated rings. The lowest BCUT2D eigenvalue weighted by molar-refractivity contribution is -0.193. The molecule has 0 aromatic heterocycles. The molecule has 0 amide bonds. The van der Waals surface area contributed by atoms with E-state index in [2.05, 4.69) is 0 Å². The van der Waals surface area contributed by atoms with E-state index >= 15 is 0 Å². The van der Waals surface area contributed by atoms with Crippen LogP contribution in [0.3, 0.4) is 0 Å². The quantitative estimate of drug-likeness (QED) is 0.151. The topological polar surface area (TPSA) is 240 Å². The van der Waals surface area contributed by atoms with E-state index in [1.807, 2.05) is 0 Å². The zero-order valence-electron chi connectivity index (χ0n) is 13.3. The average Bonchev–Trinajstić information content (AvgIpc) is 2.61. The monoisotopic (exact) mass is 374 g/mol. The molecular weight excluding hydrogens is 348 g/mol. The highest BCUT2D eigenvalue weighted by Crippen LogP contribution is 2.17. The summed E-state index contributed by atoms with van der Waals surface area (Å²) in [6, 6.07) is 0. The summed E-state index contributed by atoms with van der Waals surface area (Å²) in [5.74, 6) is 0. The summed E-state index contributed by atoms with van der Waals surface area (Å²) >= 11 is 0. The van der Waals surface area contributed by atoms with E-state index in [-0.39, 0.29) is 6.29 Å². The van der Waals surface area contributed by atoms with Gasteiger partial charge in [0, 0.05) is 0 Å². The number of carbonyl (C=O) groups is 1. The highest BCUT2D eigenvalue weighted by Gasteiger charge is 2.43. The largest absolute Gasteiger partial charge is 0.391 e. The lowest BCUT2D eigenvalue weighted by Gasteiger charge is -2.34. The summed E-state index contributed by atoms with van der Waals surface area (Å²) < 4.78 is 0. The van der Waals surface area contributed by atoms with Crippen LogP contribution in [-0.4, -0.2) is 130 Å². The Morgan fingerprint density at radius 1 is 0.480 bits per heavy atom. The Bertz CT molecular complexity index is 393. The third-order valence-electron chi connectivity index (χ3n) is 3.78. The molecule has 11 atom stereocenters. The zero-order valence-corrected chi connectivity index (χ0v) is 13.3. The van der Waals surface area contributed by atoms with Crippen molar-refractivity contribution >= 4 is 6.29 Å². The molecular formula is C13H26O12. The van der Waals surface area contributed by atoms with Gasteiger partial charge in [-0.05, 0) is 6.92 Å². The molecule has 0 aliphatic heterocycles. The summed E-state index contributed by atoms with van der Waals surface area (Å²) in [4.78, 5) is 10.3. The van der Waals surface area contributed by atoms with E-state index in [4.69, 9.17) is 10.2 Å². The number of aliphatic hydroxyl groups is 11. The summed E-state index contributed by atoms with van der Waals surface area (Å²) in [7, 11) is 0. The molecule has 12 nitrogen and oxygen atoms in total. The number of rotatable bonds is 11. The van der Waals surface area contributed by atoms with Gasteiger partial charge >= 0.3 is 0 Å². The number of hydrogen-bond donors (Lipinski definition) is 11. The zero-order chi connectivity index (χ0) is 20.1. The van der Waals surface area contributed by atoms with Gasteiger partial charge in [0.1, 0.15) is 61.0 Å². The summed E-state index contributed by atoms with van der Waals surface area (Å²) in [5.41, 5.74) is 0. The van der Waals surface area contributed by atoms with E-state index in [9.17, 15) is 50.8 Å². The molecule has 0 aromatic rings. The van der Waals surface area contributed by atoms with E-state index in [0.29, 0.717) is 0 Å². The molecule has 0 radical (unpaired) electrons. The van der Waals surface area contributed by atoms with E-state index < -0.39 is 67.1 Å². The van der Waals surface area contributed by atoms with Gasteiger partial charge in [0.15, 0.2) is 6.29 Å². The normalized spacial score (nSPS) is 25.6. The predicted octanol–water partition coefficient (Wildman–Crippen LogP) is -6.82. The maximum Gasteiger partial charge on any atom is 0.151 e. The van der Waals surface area contributed by atoms with Gasteiger partial charge in [0.2, 0.25) is 0 Å². The number of aldehydes is 1. The minimum atomic E-state index is -2.40. The molecule has 0 spiro atoms. The van der Waals surface area contributed by atoms with Crippen LogP contribution in [0.1, 0.15) is 6.92 Å². The van der Waals surface area contributed by atoms with Crippen LogP contribution in [0, 0.1) is 0 Å². The molecule has 150 valence electrons. The second-order valence-corrected chi connectivity index (χ2v) is 5.78. The van der Waals surface area contributed by atoms with Gasteiger partial charge in [0.05, 0.1) is 6.10 Å². The van der Waals surface area contributed by atoms with Crippen LogP contribution in [0.4, 0.5) is 0 Å². The maximum atomic E-state index is 10.3. The number of aliphatic hydroxyl groups excluding tert-OH is 11. The highest BCUT2D eigenvalue weighted by molar-refractivity contribution is 5.56. The fourth-order valence-electron chi connectivity index (χ4n) is 1.98. The Morgan fingerprint density at radius 3 is 0.960 bits per heavy atom. The van der Waals surface area contributed by atoms with Crippen molar-refractivity contribution in [1.29, 1.82) is 0 Å². The third kappa shape index (κ3) is 6.16. The Labute approximate surface area is 142 Å². The van der Waals surface area contributed by atoms with Crippen molar-refractivity contribution in [3.8, 4) is 0 Å². The van der Waals surface area contributed by atoms with Gasteiger partial charge in [-0.3, -0.25) is 0 Å². The van der Waals surface area contributed by atoms with Crippen LogP contribution in [0.2, 0.25) is 0 Å². The first-order chi connectivity index (χ1) is 11.4. The van der Waals surface area contributed by atoms with Gasteiger partial charge in [-0.1, -0.05) is 0 Å². The van der Waals surface area contributed by atoms with Crippen molar-refractivity contribution < 1.29 is 61.0 Å². The average molecular weight is 374 g/mol. The SMILES string of the molecule is C[C@@H](O)[C@H](O)[C@H](O)[C@H](O)[C@@H](O)[C@@H](O)[C@@H](O)[C@@H](O)[C@H](O)[C@H](O)[C@@H](O)C=O. The first-order valence-electron chi connectivity index (χ1n) is 7.32. The molecule has 0 saturated heterocycles. The summed E-state index contributed by atoms with van der Waals surface area (Å²) in [6.07, 6.45) is -24.1. The Balaban J connectivity index is 5.01. The van der Waals surface area contributed by atoms with E-state index in [1.54, 1.807) is 0 Å². The van der Waals surface area contributed by atoms with Crippen LogP contribution >= 0.6 is 0 Å². The van der Waals surface area contributed by atoms with Gasteiger partial charge in [-0.2, -0.15) is 0 Å². The molecule has 0 aliphatic rings. The van der Waals surface area contributed by atoms with E-state index in [1.165, 1.54) is 0 Å². The Hall–Kier alpha value is -0.770. The minimum absolute atomic E-state index is 0.157. The van der Waals surface area contributed by atoms with Gasteiger partial charge in [0.25, 0.3) is 0 Å². The van der Waals surface area contributed by atoms with Crippen molar-refractivity contribution in [3.63, 3.8) is 0 Å². The Kier molecular flexibility index (Phi) is 10.1. The van der Waals surface area contributed by atoms with Crippen molar-refractivity contribution in [3.05, 3.63) is 0 Å². The smallest absolute Gasteiger partial charge is 0.151 e.